The minimum absolute atomic E-state index is 0.0247. The van der Waals surface area contributed by atoms with E-state index in [0.29, 0.717) is 5.01 Å². The lowest BCUT2D eigenvalue weighted by atomic mass is 10.1. The average molecular weight is 712 g/mol. The fourth-order valence-corrected chi connectivity index (χ4v) is 6.50. The molecule has 46 heavy (non-hydrogen) atoms. The molecular formula is C23H18ClN9O10S3. The van der Waals surface area contributed by atoms with Crippen LogP contribution in [0.2, 0.25) is 5.28 Å². The van der Waals surface area contributed by atoms with Crippen LogP contribution in [-0.2, 0) is 35.1 Å². The number of rotatable bonds is 8. The molecule has 0 radical (unpaired) electrons. The minimum Gasteiger partial charge on any atom is -0.368 e. The van der Waals surface area contributed by atoms with Gasteiger partial charge in [0.25, 0.3) is 36.3 Å². The van der Waals surface area contributed by atoms with Gasteiger partial charge in [0.05, 0.1) is 11.4 Å². The van der Waals surface area contributed by atoms with Gasteiger partial charge in [-0.15, -0.1) is 0 Å². The Balaban J connectivity index is 1.54. The van der Waals surface area contributed by atoms with E-state index < -0.39 is 62.7 Å². The van der Waals surface area contributed by atoms with E-state index in [-0.39, 0.29) is 45.0 Å². The van der Waals surface area contributed by atoms with Crippen molar-refractivity contribution in [2.45, 2.75) is 27.7 Å². The highest BCUT2D eigenvalue weighted by atomic mass is 35.5. The number of carbonyl (C=O) groups excluding carboxylic acids is 1. The molecular weight excluding hydrogens is 694 g/mol. The Morgan fingerprint density at radius 2 is 1.54 bits per heavy atom. The predicted molar refractivity (Wildman–Crippen MR) is 161 cm³/mol. The number of hydrogen-bond donors (Lipinski definition) is 5. The standard InChI is InChI=1S/C23H18ClN9O10S3/c1-10-19(31-30-15-7-11(5-6-17(15)45(38,39)40)26-23-28-21(24)27-22(25)29-23)20(34)33(32-10)12-8-14-13(18(9-12)46(41,42)43)3-2-4-16(14)44(35,36)37/h2-9,19H,1H3,(H,35,36,37)(H,38,39,40)(H,41,42,43)(H3,25,26,27,28,29). The molecule has 4 aromatic rings. The lowest BCUT2D eigenvalue weighted by Crippen LogP contribution is -2.29. The highest BCUT2D eigenvalue weighted by Gasteiger charge is 2.36. The van der Waals surface area contributed by atoms with Gasteiger partial charge in [-0.3, -0.25) is 18.5 Å². The Bertz CT molecular complexity index is 2330. The van der Waals surface area contributed by atoms with Crippen molar-refractivity contribution < 1.29 is 43.7 Å². The first-order valence-corrected chi connectivity index (χ1v) is 16.9. The molecule has 0 spiro atoms. The summed E-state index contributed by atoms with van der Waals surface area (Å²) in [6.45, 7) is 1.34. The van der Waals surface area contributed by atoms with Crippen LogP contribution < -0.4 is 16.1 Å². The number of hydrogen-bond acceptors (Lipinski definition) is 15. The number of nitrogen functional groups attached to an aromatic ring is 1. The molecule has 23 heteroatoms. The van der Waals surface area contributed by atoms with Gasteiger partial charge in [-0.05, 0) is 54.9 Å². The quantitative estimate of drug-likeness (QED) is 0.130. The second kappa shape index (κ2) is 11.6. The van der Waals surface area contributed by atoms with Gasteiger partial charge >= 0.3 is 0 Å². The van der Waals surface area contributed by atoms with E-state index in [1.807, 2.05) is 0 Å². The summed E-state index contributed by atoms with van der Waals surface area (Å²) in [7, 11) is -14.8. The molecule has 0 fully saturated rings. The van der Waals surface area contributed by atoms with Crippen molar-refractivity contribution in [3.8, 4) is 0 Å². The van der Waals surface area contributed by atoms with Crippen molar-refractivity contribution in [1.82, 2.24) is 15.0 Å². The first kappa shape index (κ1) is 32.7. The van der Waals surface area contributed by atoms with Gasteiger partial charge in [-0.2, -0.15) is 60.5 Å². The molecule has 1 unspecified atom stereocenters. The molecule has 0 aliphatic carbocycles. The van der Waals surface area contributed by atoms with E-state index in [1.165, 1.54) is 19.1 Å². The van der Waals surface area contributed by atoms with E-state index in [9.17, 15) is 43.7 Å². The van der Waals surface area contributed by atoms with Gasteiger partial charge in [0.2, 0.25) is 17.2 Å². The molecule has 1 aliphatic rings. The Morgan fingerprint density at radius 1 is 0.870 bits per heavy atom. The van der Waals surface area contributed by atoms with Crippen LogP contribution in [0.4, 0.5) is 29.0 Å². The number of nitrogens with one attached hydrogen (secondary N) is 1. The molecule has 1 aliphatic heterocycles. The fourth-order valence-electron chi connectivity index (χ4n) is 4.31. The van der Waals surface area contributed by atoms with Crippen LogP contribution in [0.3, 0.4) is 0 Å². The van der Waals surface area contributed by atoms with E-state index >= 15 is 0 Å². The zero-order chi connectivity index (χ0) is 33.8. The summed E-state index contributed by atoms with van der Waals surface area (Å²) in [4.78, 5) is 22.5. The fraction of sp³-hybridized carbons (Fsp3) is 0.0870. The molecule has 240 valence electrons. The van der Waals surface area contributed by atoms with Crippen LogP contribution in [0.15, 0.2) is 78.5 Å². The molecule has 0 bridgehead atoms. The summed E-state index contributed by atoms with van der Waals surface area (Å²) < 4.78 is 102. The average Bonchev–Trinajstić information content (AvgIpc) is 3.21. The lowest BCUT2D eigenvalue weighted by molar-refractivity contribution is -0.117. The van der Waals surface area contributed by atoms with Crippen molar-refractivity contribution >= 4 is 93.3 Å². The molecule has 5 rings (SSSR count). The van der Waals surface area contributed by atoms with E-state index in [4.69, 9.17) is 17.3 Å². The van der Waals surface area contributed by atoms with Crippen LogP contribution in [0, 0.1) is 0 Å². The first-order valence-electron chi connectivity index (χ1n) is 12.2. The van der Waals surface area contributed by atoms with Gasteiger partial charge in [-0.1, -0.05) is 12.1 Å². The monoisotopic (exact) mass is 711 g/mol. The van der Waals surface area contributed by atoms with Crippen LogP contribution in [0.25, 0.3) is 10.8 Å². The maximum atomic E-state index is 13.4. The normalized spacial score (nSPS) is 15.9. The van der Waals surface area contributed by atoms with Gasteiger partial charge in [0.15, 0.2) is 6.04 Å². The van der Waals surface area contributed by atoms with Gasteiger partial charge < -0.3 is 11.1 Å². The number of aromatic nitrogens is 3. The Hall–Kier alpha value is -4.71. The smallest absolute Gasteiger partial charge is 0.296 e. The van der Waals surface area contributed by atoms with E-state index in [1.54, 1.807) is 0 Å². The third-order valence-electron chi connectivity index (χ3n) is 6.20. The van der Waals surface area contributed by atoms with Gasteiger partial charge in [0.1, 0.15) is 20.4 Å². The van der Waals surface area contributed by atoms with Gasteiger partial charge in [0, 0.05) is 16.5 Å². The largest absolute Gasteiger partial charge is 0.368 e. The second-order valence-electron chi connectivity index (χ2n) is 9.32. The Kier molecular flexibility index (Phi) is 8.23. The number of fused-ring (bicyclic) bond motifs is 1. The number of amides is 1. The zero-order valence-corrected chi connectivity index (χ0v) is 25.9. The maximum Gasteiger partial charge on any atom is 0.296 e. The Morgan fingerprint density at radius 3 is 2.17 bits per heavy atom. The first-order chi connectivity index (χ1) is 21.3. The molecule has 0 saturated carbocycles. The highest BCUT2D eigenvalue weighted by molar-refractivity contribution is 7.86. The van der Waals surface area contributed by atoms with Gasteiger partial charge in [-0.25, -0.2) is 0 Å². The molecule has 19 nitrogen and oxygen atoms in total. The molecule has 1 atom stereocenters. The highest BCUT2D eigenvalue weighted by Crippen LogP contribution is 2.36. The van der Waals surface area contributed by atoms with Crippen LogP contribution in [-0.4, -0.2) is 71.5 Å². The zero-order valence-electron chi connectivity index (χ0n) is 22.7. The topological polar surface area (TPSA) is 297 Å². The van der Waals surface area contributed by atoms with Crippen LogP contribution in [0.1, 0.15) is 6.92 Å². The second-order valence-corrected chi connectivity index (χ2v) is 13.8. The van der Waals surface area contributed by atoms with E-state index in [0.717, 1.165) is 36.4 Å². The Labute approximate surface area is 264 Å². The summed E-state index contributed by atoms with van der Waals surface area (Å²) in [6.07, 6.45) is 0. The summed E-state index contributed by atoms with van der Waals surface area (Å²) >= 11 is 5.77. The number of carbonyl (C=O) groups is 1. The third-order valence-corrected chi connectivity index (χ3v) is 9.07. The number of azo groups is 1. The van der Waals surface area contributed by atoms with E-state index in [2.05, 4.69) is 35.6 Å². The lowest BCUT2D eigenvalue weighted by Gasteiger charge is -2.16. The number of nitrogens with zero attached hydrogens (tertiary/aromatic N) is 7. The molecule has 3 aromatic carbocycles. The van der Waals surface area contributed by atoms with Crippen LogP contribution in [0.5, 0.6) is 0 Å². The molecule has 1 aromatic heterocycles. The van der Waals surface area contributed by atoms with Crippen molar-refractivity contribution in [2.24, 2.45) is 15.3 Å². The summed E-state index contributed by atoms with van der Waals surface area (Å²) in [5.74, 6) is -1.30. The van der Waals surface area contributed by atoms with Crippen molar-refractivity contribution in [3.63, 3.8) is 0 Å². The van der Waals surface area contributed by atoms with Crippen molar-refractivity contribution in [1.29, 1.82) is 0 Å². The number of benzene rings is 3. The molecule has 2 heterocycles. The van der Waals surface area contributed by atoms with Crippen molar-refractivity contribution in [2.75, 3.05) is 16.1 Å². The minimum atomic E-state index is -5.00. The SMILES string of the molecule is CC1=NN(c2cc(S(=O)(=O)O)c3cccc(S(=O)(=O)O)c3c2)C(=O)C1N=Nc1cc(Nc2nc(N)nc(Cl)n2)ccc1S(=O)(=O)O. The maximum absolute atomic E-state index is 13.4. The molecule has 6 N–H and O–H groups in total. The number of anilines is 4. The van der Waals surface area contributed by atoms with Crippen LogP contribution >= 0.6 is 11.6 Å². The number of halogens is 1. The summed E-state index contributed by atoms with van der Waals surface area (Å²) in [5.41, 5.74) is 4.86. The number of hydrazone groups is 1. The third kappa shape index (κ3) is 6.62. The van der Waals surface area contributed by atoms with Crippen molar-refractivity contribution in [3.05, 3.63) is 53.8 Å². The summed E-state index contributed by atoms with van der Waals surface area (Å²) in [6, 6.07) is 6.98. The molecule has 1 amide bonds. The predicted octanol–water partition coefficient (Wildman–Crippen LogP) is 2.62. The molecule has 0 saturated heterocycles. The summed E-state index contributed by atoms with van der Waals surface area (Å²) in [5, 5.41) is 14.2. The number of nitrogens with two attached hydrogens (primary N) is 1.